The number of carbonyl (C=O) groups is 2. The third-order valence-corrected chi connectivity index (χ3v) is 5.94. The van der Waals surface area contributed by atoms with E-state index >= 15 is 0 Å². The van der Waals surface area contributed by atoms with Gasteiger partial charge in [-0.25, -0.2) is 5.01 Å². The fraction of sp³-hybridized carbons (Fsp3) is 0.0714. The highest BCUT2D eigenvalue weighted by molar-refractivity contribution is 6.32. The molecule has 6 nitrogen and oxygen atoms in total. The number of amides is 2. The van der Waals surface area contributed by atoms with Gasteiger partial charge >= 0.3 is 0 Å². The average Bonchev–Trinajstić information content (AvgIpc) is 3.16. The Kier molecular flexibility index (Phi) is 6.12. The first-order chi connectivity index (χ1) is 17.0. The van der Waals surface area contributed by atoms with Crippen LogP contribution >= 0.6 is 11.6 Å². The first-order valence-corrected chi connectivity index (χ1v) is 11.3. The Bertz CT molecular complexity index is 1460. The largest absolute Gasteiger partial charge is 0.493 e. The van der Waals surface area contributed by atoms with Crippen LogP contribution in [0.15, 0.2) is 90.5 Å². The van der Waals surface area contributed by atoms with E-state index in [1.54, 1.807) is 36.4 Å². The molecule has 0 atom stereocenters. The molecule has 35 heavy (non-hydrogen) atoms. The van der Waals surface area contributed by atoms with Gasteiger partial charge in [0.15, 0.2) is 11.5 Å². The molecule has 4 aromatic carbocycles. The minimum Gasteiger partial charge on any atom is -0.493 e. The normalized spacial score (nSPS) is 14.5. The molecule has 1 aliphatic heterocycles. The van der Waals surface area contributed by atoms with E-state index in [-0.39, 0.29) is 12.2 Å². The topological polar surface area (TPSA) is 67.9 Å². The van der Waals surface area contributed by atoms with E-state index in [2.05, 4.69) is 5.43 Å². The maximum absolute atomic E-state index is 13.1. The lowest BCUT2D eigenvalue weighted by Crippen LogP contribution is -2.35. The van der Waals surface area contributed by atoms with Gasteiger partial charge in [0.25, 0.3) is 11.8 Å². The van der Waals surface area contributed by atoms with Crippen LogP contribution in [0.2, 0.25) is 5.02 Å². The van der Waals surface area contributed by atoms with Crippen LogP contribution < -0.4 is 19.9 Å². The van der Waals surface area contributed by atoms with Gasteiger partial charge in [0.2, 0.25) is 0 Å². The van der Waals surface area contributed by atoms with Gasteiger partial charge in [0, 0.05) is 16.7 Å². The Hall–Kier alpha value is -4.29. The molecule has 7 heteroatoms. The van der Waals surface area contributed by atoms with Crippen LogP contribution in [0.4, 0.5) is 5.69 Å². The number of nitrogens with zero attached hydrogens (tertiary/aromatic N) is 1. The summed E-state index contributed by atoms with van der Waals surface area (Å²) in [6, 6.07) is 26.2. The highest BCUT2D eigenvalue weighted by atomic mass is 35.5. The molecule has 0 unspecified atom stereocenters. The lowest BCUT2D eigenvalue weighted by atomic mass is 10.1. The fourth-order valence-electron chi connectivity index (χ4n) is 4.04. The van der Waals surface area contributed by atoms with E-state index in [4.69, 9.17) is 21.1 Å². The molecule has 0 aromatic heterocycles. The summed E-state index contributed by atoms with van der Waals surface area (Å²) in [7, 11) is 1.51. The number of nitrogens with one attached hydrogen (secondary N) is 1. The molecule has 0 aliphatic carbocycles. The molecule has 4 aromatic rings. The number of methoxy groups -OCH3 is 1. The zero-order valence-corrected chi connectivity index (χ0v) is 19.6. The molecule has 2 amide bonds. The Balaban J connectivity index is 1.51. The molecule has 0 bridgehead atoms. The van der Waals surface area contributed by atoms with Crippen molar-refractivity contribution in [1.82, 2.24) is 5.43 Å². The molecule has 0 spiro atoms. The van der Waals surface area contributed by atoms with Crippen molar-refractivity contribution < 1.29 is 19.1 Å². The SMILES string of the molecule is COc1cc(Cl)cc(/C=C2\C(=O)NN(c3ccccc3)C2=O)c1OCc1cccc2ccccc12. The number of hydrazine groups is 1. The van der Waals surface area contributed by atoms with Crippen molar-refractivity contribution in [2.75, 3.05) is 12.1 Å². The molecule has 1 fully saturated rings. The number of ether oxygens (including phenoxy) is 2. The van der Waals surface area contributed by atoms with Gasteiger partial charge in [-0.2, -0.15) is 0 Å². The second kappa shape index (κ2) is 9.52. The maximum atomic E-state index is 13.1. The van der Waals surface area contributed by atoms with Gasteiger partial charge in [0.05, 0.1) is 12.8 Å². The van der Waals surface area contributed by atoms with E-state index in [9.17, 15) is 9.59 Å². The number of para-hydroxylation sites is 1. The van der Waals surface area contributed by atoms with Crippen molar-refractivity contribution >= 4 is 46.0 Å². The number of halogens is 1. The second-order valence-electron chi connectivity index (χ2n) is 7.93. The second-order valence-corrected chi connectivity index (χ2v) is 8.36. The zero-order chi connectivity index (χ0) is 24.4. The van der Waals surface area contributed by atoms with Gasteiger partial charge in [-0.1, -0.05) is 72.3 Å². The lowest BCUT2D eigenvalue weighted by molar-refractivity contribution is -0.117. The highest BCUT2D eigenvalue weighted by Gasteiger charge is 2.34. The summed E-state index contributed by atoms with van der Waals surface area (Å²) in [5, 5.41) is 3.78. The molecule has 1 aliphatic rings. The predicted octanol–water partition coefficient (Wildman–Crippen LogP) is 5.54. The van der Waals surface area contributed by atoms with Crippen molar-refractivity contribution in [2.45, 2.75) is 6.61 Å². The lowest BCUT2D eigenvalue weighted by Gasteiger charge is -2.16. The fourth-order valence-corrected chi connectivity index (χ4v) is 4.26. The summed E-state index contributed by atoms with van der Waals surface area (Å²) in [5.41, 5.74) is 4.58. The molecule has 0 saturated carbocycles. The van der Waals surface area contributed by atoms with Gasteiger partial charge in [0.1, 0.15) is 12.2 Å². The minimum absolute atomic E-state index is 0.0341. The summed E-state index contributed by atoms with van der Waals surface area (Å²) in [6.07, 6.45) is 1.48. The molecule has 5 rings (SSSR count). The zero-order valence-electron chi connectivity index (χ0n) is 18.8. The smallest absolute Gasteiger partial charge is 0.282 e. The van der Waals surface area contributed by atoms with Crippen LogP contribution in [-0.4, -0.2) is 18.9 Å². The highest BCUT2D eigenvalue weighted by Crippen LogP contribution is 2.37. The first-order valence-electron chi connectivity index (χ1n) is 10.9. The third kappa shape index (κ3) is 4.44. The van der Waals surface area contributed by atoms with E-state index in [1.807, 2.05) is 48.5 Å². The van der Waals surface area contributed by atoms with Crippen LogP contribution in [0.1, 0.15) is 11.1 Å². The maximum Gasteiger partial charge on any atom is 0.282 e. The van der Waals surface area contributed by atoms with E-state index < -0.39 is 11.8 Å². The van der Waals surface area contributed by atoms with Crippen LogP contribution in [0.3, 0.4) is 0 Å². The van der Waals surface area contributed by atoms with Gasteiger partial charge in [-0.15, -0.1) is 0 Å². The summed E-state index contributed by atoms with van der Waals surface area (Å²) < 4.78 is 11.7. The van der Waals surface area contributed by atoms with Gasteiger partial charge < -0.3 is 9.47 Å². The number of fused-ring (bicyclic) bond motifs is 1. The third-order valence-electron chi connectivity index (χ3n) is 5.73. The van der Waals surface area contributed by atoms with Gasteiger partial charge in [-0.3, -0.25) is 15.0 Å². The van der Waals surface area contributed by atoms with Crippen LogP contribution in [0.25, 0.3) is 16.8 Å². The van der Waals surface area contributed by atoms with E-state index in [0.717, 1.165) is 16.3 Å². The molecule has 1 heterocycles. The predicted molar refractivity (Wildman–Crippen MR) is 136 cm³/mol. The Labute approximate surface area is 207 Å². The summed E-state index contributed by atoms with van der Waals surface area (Å²) in [5.74, 6) is -0.204. The first kappa shape index (κ1) is 22.5. The molecule has 174 valence electrons. The molecular formula is C28H21ClN2O4. The van der Waals surface area contributed by atoms with Crippen LogP contribution in [-0.2, 0) is 16.2 Å². The number of rotatable bonds is 6. The Morgan fingerprint density at radius 2 is 1.69 bits per heavy atom. The Morgan fingerprint density at radius 1 is 0.943 bits per heavy atom. The van der Waals surface area contributed by atoms with Crippen molar-refractivity contribution in [2.24, 2.45) is 0 Å². The number of anilines is 1. The number of hydrogen-bond donors (Lipinski definition) is 1. The quantitative estimate of drug-likeness (QED) is 0.288. The van der Waals surface area contributed by atoms with E-state index in [1.165, 1.54) is 18.2 Å². The standard InChI is InChI=1S/C28H21ClN2O4/c1-34-25-16-21(29)14-20(15-24-27(32)30-31(28(24)33)22-11-3-2-4-12-22)26(25)35-17-19-10-7-9-18-8-5-6-13-23(18)19/h2-16H,17H2,1H3,(H,30,32)/b24-15+. The summed E-state index contributed by atoms with van der Waals surface area (Å²) in [6.45, 7) is 0.256. The van der Waals surface area contributed by atoms with Crippen molar-refractivity contribution in [3.8, 4) is 11.5 Å². The number of benzene rings is 4. The summed E-state index contributed by atoms with van der Waals surface area (Å²) >= 11 is 6.32. The van der Waals surface area contributed by atoms with Gasteiger partial charge in [-0.05, 0) is 40.6 Å². The number of hydrogen-bond acceptors (Lipinski definition) is 4. The molecule has 1 N–H and O–H groups in total. The molecular weight excluding hydrogens is 464 g/mol. The van der Waals surface area contributed by atoms with Crippen molar-refractivity contribution in [3.05, 3.63) is 107 Å². The average molecular weight is 485 g/mol. The van der Waals surface area contributed by atoms with E-state index in [0.29, 0.717) is 27.8 Å². The van der Waals surface area contributed by atoms with Crippen LogP contribution in [0.5, 0.6) is 11.5 Å². The molecule has 1 saturated heterocycles. The van der Waals surface area contributed by atoms with Crippen LogP contribution in [0, 0.1) is 0 Å². The summed E-state index contributed by atoms with van der Waals surface area (Å²) in [4.78, 5) is 25.8. The number of carbonyl (C=O) groups excluding carboxylic acids is 2. The molecule has 0 radical (unpaired) electrons. The Morgan fingerprint density at radius 3 is 2.49 bits per heavy atom. The van der Waals surface area contributed by atoms with Crippen molar-refractivity contribution in [3.63, 3.8) is 0 Å². The van der Waals surface area contributed by atoms with Crippen molar-refractivity contribution in [1.29, 1.82) is 0 Å². The minimum atomic E-state index is -0.516. The monoisotopic (exact) mass is 484 g/mol.